The van der Waals surface area contributed by atoms with E-state index in [0.29, 0.717) is 38.6 Å². The molecule has 6 nitrogen and oxygen atoms in total. The van der Waals surface area contributed by atoms with Gasteiger partial charge in [0.15, 0.2) is 0 Å². The van der Waals surface area contributed by atoms with Crippen molar-refractivity contribution in [1.82, 2.24) is 0 Å². The number of methoxy groups -OCH3 is 1. The summed E-state index contributed by atoms with van der Waals surface area (Å²) in [5, 5.41) is 8.73. The van der Waals surface area contributed by atoms with Crippen LogP contribution in [0.15, 0.2) is 24.3 Å². The van der Waals surface area contributed by atoms with Crippen LogP contribution >= 0.6 is 0 Å². The highest BCUT2D eigenvalue weighted by molar-refractivity contribution is 5.73. The Balaban J connectivity index is 2.26. The number of carbonyl (C=O) groups is 1. The third-order valence-electron chi connectivity index (χ3n) is 2.62. The Hall–Kier alpha value is -1.63. The number of hydrogen-bond acceptors (Lipinski definition) is 5. The lowest BCUT2D eigenvalue weighted by atomic mass is 10.1. The van der Waals surface area contributed by atoms with E-state index in [0.717, 1.165) is 5.56 Å². The molecule has 0 fully saturated rings. The van der Waals surface area contributed by atoms with Crippen LogP contribution in [0.3, 0.4) is 0 Å². The molecular weight excluding hydrogens is 262 g/mol. The predicted molar refractivity (Wildman–Crippen MR) is 73.9 cm³/mol. The van der Waals surface area contributed by atoms with Gasteiger partial charge in [0.1, 0.15) is 18.4 Å². The molecule has 0 aliphatic carbocycles. The van der Waals surface area contributed by atoms with Crippen LogP contribution in [0.2, 0.25) is 0 Å². The van der Waals surface area contributed by atoms with Gasteiger partial charge in [-0.1, -0.05) is 12.1 Å². The highest BCUT2D eigenvalue weighted by Crippen LogP contribution is 2.13. The third kappa shape index (κ3) is 6.51. The van der Waals surface area contributed by atoms with Crippen LogP contribution in [0.25, 0.3) is 0 Å². The van der Waals surface area contributed by atoms with Crippen LogP contribution in [0.1, 0.15) is 5.56 Å². The highest BCUT2D eigenvalue weighted by atomic mass is 16.5. The van der Waals surface area contributed by atoms with E-state index in [2.05, 4.69) is 0 Å². The molecule has 0 aliphatic heterocycles. The van der Waals surface area contributed by atoms with E-state index in [1.165, 1.54) is 0 Å². The van der Waals surface area contributed by atoms with Crippen LogP contribution in [-0.4, -0.2) is 50.7 Å². The standard InChI is InChI=1S/C14H21NO5/c1-18-6-7-19-8-9-20-12-4-2-11(3-5-12)10-13(15)14(16)17/h2-5,13H,6-10,15H2,1H3,(H,16,17)/t13-/m0/s1. The molecular formula is C14H21NO5. The van der Waals surface area contributed by atoms with E-state index in [4.69, 9.17) is 25.1 Å². The van der Waals surface area contributed by atoms with Gasteiger partial charge in [0.05, 0.1) is 19.8 Å². The summed E-state index contributed by atoms with van der Waals surface area (Å²) in [6, 6.07) is 6.32. The summed E-state index contributed by atoms with van der Waals surface area (Å²) in [5.74, 6) is -0.286. The Morgan fingerprint density at radius 2 is 1.85 bits per heavy atom. The zero-order chi connectivity index (χ0) is 14.8. The lowest BCUT2D eigenvalue weighted by Gasteiger charge is -2.09. The molecule has 3 N–H and O–H groups in total. The summed E-state index contributed by atoms with van der Waals surface area (Å²) in [7, 11) is 1.62. The van der Waals surface area contributed by atoms with Gasteiger partial charge in [-0.05, 0) is 24.1 Å². The Morgan fingerprint density at radius 3 is 2.45 bits per heavy atom. The maximum Gasteiger partial charge on any atom is 0.320 e. The minimum absolute atomic E-state index is 0.301. The monoisotopic (exact) mass is 283 g/mol. The first-order chi connectivity index (χ1) is 9.63. The molecule has 0 aromatic heterocycles. The molecule has 1 atom stereocenters. The van der Waals surface area contributed by atoms with Crippen molar-refractivity contribution in [3.63, 3.8) is 0 Å². The lowest BCUT2D eigenvalue weighted by molar-refractivity contribution is -0.138. The molecule has 0 saturated heterocycles. The second-order valence-corrected chi connectivity index (χ2v) is 4.25. The van der Waals surface area contributed by atoms with Crippen molar-refractivity contribution < 1.29 is 24.1 Å². The van der Waals surface area contributed by atoms with Crippen molar-refractivity contribution in [3.05, 3.63) is 29.8 Å². The Bertz CT molecular complexity index is 393. The maximum absolute atomic E-state index is 10.6. The van der Waals surface area contributed by atoms with Gasteiger partial charge >= 0.3 is 5.97 Å². The van der Waals surface area contributed by atoms with Crippen molar-refractivity contribution in [1.29, 1.82) is 0 Å². The van der Waals surface area contributed by atoms with E-state index >= 15 is 0 Å². The van der Waals surface area contributed by atoms with Gasteiger partial charge in [-0.3, -0.25) is 4.79 Å². The molecule has 0 amide bonds. The molecule has 0 bridgehead atoms. The molecule has 0 aliphatic rings. The minimum atomic E-state index is -1.00. The number of rotatable bonds is 10. The van der Waals surface area contributed by atoms with Crippen molar-refractivity contribution in [2.75, 3.05) is 33.5 Å². The van der Waals surface area contributed by atoms with Crippen molar-refractivity contribution in [2.45, 2.75) is 12.5 Å². The summed E-state index contributed by atoms with van der Waals surface area (Å²) in [4.78, 5) is 10.6. The van der Waals surface area contributed by atoms with Gasteiger partial charge in [-0.2, -0.15) is 0 Å². The maximum atomic E-state index is 10.6. The summed E-state index contributed by atoms with van der Waals surface area (Å²) in [6.07, 6.45) is 0.301. The fourth-order valence-corrected chi connectivity index (χ4v) is 1.53. The van der Waals surface area contributed by atoms with Crippen molar-refractivity contribution in [2.24, 2.45) is 5.73 Å². The number of carboxylic acids is 1. The summed E-state index contributed by atoms with van der Waals surface area (Å²) >= 11 is 0. The number of carboxylic acid groups (broad SMARTS) is 1. The molecule has 0 radical (unpaired) electrons. The van der Waals surface area contributed by atoms with E-state index in [1.54, 1.807) is 19.2 Å². The van der Waals surface area contributed by atoms with Crippen LogP contribution in [0.4, 0.5) is 0 Å². The molecule has 0 unspecified atom stereocenters. The van der Waals surface area contributed by atoms with Gasteiger partial charge in [0, 0.05) is 7.11 Å². The number of aliphatic carboxylic acids is 1. The quantitative estimate of drug-likeness (QED) is 0.614. The lowest BCUT2D eigenvalue weighted by Crippen LogP contribution is -2.32. The second kappa shape index (κ2) is 9.30. The fourth-order valence-electron chi connectivity index (χ4n) is 1.53. The van der Waals surface area contributed by atoms with Crippen LogP contribution in [0.5, 0.6) is 5.75 Å². The topological polar surface area (TPSA) is 91.0 Å². The smallest absolute Gasteiger partial charge is 0.320 e. The van der Waals surface area contributed by atoms with Gasteiger partial charge in [0.25, 0.3) is 0 Å². The number of nitrogens with two attached hydrogens (primary N) is 1. The van der Waals surface area contributed by atoms with Gasteiger partial charge in [-0.25, -0.2) is 0 Å². The Kier molecular flexibility index (Phi) is 7.64. The number of ether oxygens (including phenoxy) is 3. The van der Waals surface area contributed by atoms with Crippen LogP contribution in [0, 0.1) is 0 Å². The van der Waals surface area contributed by atoms with E-state index in [1.807, 2.05) is 12.1 Å². The Labute approximate surface area is 118 Å². The fraction of sp³-hybridized carbons (Fsp3) is 0.500. The summed E-state index contributed by atoms with van der Waals surface area (Å²) < 4.78 is 15.6. The van der Waals surface area contributed by atoms with Crippen LogP contribution < -0.4 is 10.5 Å². The highest BCUT2D eigenvalue weighted by Gasteiger charge is 2.11. The SMILES string of the molecule is COCCOCCOc1ccc(C[C@H](N)C(=O)O)cc1. The molecule has 0 heterocycles. The first-order valence-electron chi connectivity index (χ1n) is 6.40. The minimum Gasteiger partial charge on any atom is -0.491 e. The van der Waals surface area contributed by atoms with Crippen LogP contribution in [-0.2, 0) is 20.7 Å². The molecule has 1 rings (SSSR count). The third-order valence-corrected chi connectivity index (χ3v) is 2.62. The van der Waals surface area contributed by atoms with Crippen molar-refractivity contribution >= 4 is 5.97 Å². The van der Waals surface area contributed by atoms with E-state index in [-0.39, 0.29) is 0 Å². The van der Waals surface area contributed by atoms with Crippen molar-refractivity contribution in [3.8, 4) is 5.75 Å². The zero-order valence-corrected chi connectivity index (χ0v) is 11.6. The first kappa shape index (κ1) is 16.4. The average molecular weight is 283 g/mol. The van der Waals surface area contributed by atoms with Gasteiger partial charge < -0.3 is 25.1 Å². The first-order valence-corrected chi connectivity index (χ1v) is 6.40. The molecule has 1 aromatic carbocycles. The average Bonchev–Trinajstić information content (AvgIpc) is 2.44. The number of benzene rings is 1. The largest absolute Gasteiger partial charge is 0.491 e. The molecule has 0 spiro atoms. The molecule has 20 heavy (non-hydrogen) atoms. The van der Waals surface area contributed by atoms with Gasteiger partial charge in [-0.15, -0.1) is 0 Å². The second-order valence-electron chi connectivity index (χ2n) is 4.25. The molecule has 112 valence electrons. The van der Waals surface area contributed by atoms with E-state index < -0.39 is 12.0 Å². The Morgan fingerprint density at radius 1 is 1.20 bits per heavy atom. The summed E-state index contributed by atoms with van der Waals surface area (Å²) in [6.45, 7) is 2.07. The molecule has 1 aromatic rings. The predicted octanol–water partition coefficient (Wildman–Crippen LogP) is 0.683. The number of hydrogen-bond donors (Lipinski definition) is 2. The summed E-state index contributed by atoms with van der Waals surface area (Å²) in [5.41, 5.74) is 6.33. The normalized spacial score (nSPS) is 12.1. The van der Waals surface area contributed by atoms with Gasteiger partial charge in [0.2, 0.25) is 0 Å². The molecule has 0 saturated carbocycles. The van der Waals surface area contributed by atoms with E-state index in [9.17, 15) is 4.79 Å². The zero-order valence-electron chi connectivity index (χ0n) is 11.6. The molecule has 6 heteroatoms.